The van der Waals surface area contributed by atoms with Crippen molar-refractivity contribution in [2.24, 2.45) is 0 Å². The molecule has 3 N–H and O–H groups in total. The molecule has 0 bridgehead atoms. The second kappa shape index (κ2) is 4.12. The fourth-order valence-corrected chi connectivity index (χ4v) is 1.46. The van der Waals surface area contributed by atoms with Gasteiger partial charge in [0, 0.05) is 26.1 Å². The molecular formula is C9H13N5O. The van der Waals surface area contributed by atoms with E-state index in [0.29, 0.717) is 31.1 Å². The Morgan fingerprint density at radius 2 is 2.07 bits per heavy atom. The third kappa shape index (κ3) is 2.34. The molecule has 1 aromatic heterocycles. The predicted molar refractivity (Wildman–Crippen MR) is 56.3 cm³/mol. The lowest BCUT2D eigenvalue weighted by molar-refractivity contribution is -0.120. The van der Waals surface area contributed by atoms with Crippen LogP contribution in [-0.2, 0) is 4.79 Å². The van der Waals surface area contributed by atoms with Gasteiger partial charge in [0.2, 0.25) is 11.9 Å². The van der Waals surface area contributed by atoms with Gasteiger partial charge in [-0.3, -0.25) is 4.79 Å². The third-order valence-corrected chi connectivity index (χ3v) is 2.25. The van der Waals surface area contributed by atoms with Gasteiger partial charge in [0.25, 0.3) is 0 Å². The molecule has 2 rings (SSSR count). The van der Waals surface area contributed by atoms with E-state index in [1.807, 2.05) is 4.90 Å². The largest absolute Gasteiger partial charge is 0.396 e. The Balaban J connectivity index is 2.09. The highest BCUT2D eigenvalue weighted by atomic mass is 16.1. The van der Waals surface area contributed by atoms with Crippen LogP contribution in [0.25, 0.3) is 0 Å². The SMILES string of the molecule is Nc1cnc(N2CCNC(=O)CC2)nc1. The molecule has 1 aromatic rings. The zero-order valence-electron chi connectivity index (χ0n) is 8.31. The Labute approximate surface area is 87.5 Å². The number of aromatic nitrogens is 2. The van der Waals surface area contributed by atoms with Crippen LogP contribution in [0.2, 0.25) is 0 Å². The Bertz CT molecular complexity index is 350. The van der Waals surface area contributed by atoms with E-state index in [4.69, 9.17) is 5.73 Å². The van der Waals surface area contributed by atoms with Crippen LogP contribution in [0.4, 0.5) is 11.6 Å². The second-order valence-corrected chi connectivity index (χ2v) is 3.40. The van der Waals surface area contributed by atoms with E-state index in [2.05, 4.69) is 15.3 Å². The lowest BCUT2D eigenvalue weighted by atomic mass is 10.4. The van der Waals surface area contributed by atoms with Crippen molar-refractivity contribution >= 4 is 17.5 Å². The molecule has 1 aliphatic rings. The van der Waals surface area contributed by atoms with Gasteiger partial charge >= 0.3 is 0 Å². The average Bonchev–Trinajstić information content (AvgIpc) is 2.44. The summed E-state index contributed by atoms with van der Waals surface area (Å²) in [7, 11) is 0. The molecule has 0 aromatic carbocycles. The van der Waals surface area contributed by atoms with E-state index in [-0.39, 0.29) is 5.91 Å². The zero-order chi connectivity index (χ0) is 10.7. The monoisotopic (exact) mass is 207 g/mol. The molecule has 6 nitrogen and oxygen atoms in total. The van der Waals surface area contributed by atoms with Gasteiger partial charge in [0.05, 0.1) is 18.1 Å². The van der Waals surface area contributed by atoms with Crippen molar-refractivity contribution in [1.82, 2.24) is 15.3 Å². The number of carbonyl (C=O) groups is 1. The molecule has 15 heavy (non-hydrogen) atoms. The summed E-state index contributed by atoms with van der Waals surface area (Å²) in [6, 6.07) is 0. The minimum atomic E-state index is 0.0768. The topological polar surface area (TPSA) is 84.1 Å². The van der Waals surface area contributed by atoms with E-state index < -0.39 is 0 Å². The highest BCUT2D eigenvalue weighted by Gasteiger charge is 2.15. The van der Waals surface area contributed by atoms with Crippen molar-refractivity contribution in [1.29, 1.82) is 0 Å². The van der Waals surface area contributed by atoms with Crippen molar-refractivity contribution in [3.63, 3.8) is 0 Å². The predicted octanol–water partition coefficient (Wildman–Crippen LogP) is -0.615. The fraction of sp³-hybridized carbons (Fsp3) is 0.444. The van der Waals surface area contributed by atoms with Crippen LogP contribution in [0, 0.1) is 0 Å². The molecule has 0 unspecified atom stereocenters. The van der Waals surface area contributed by atoms with Crippen LogP contribution in [0.3, 0.4) is 0 Å². The van der Waals surface area contributed by atoms with Crippen LogP contribution >= 0.6 is 0 Å². The van der Waals surface area contributed by atoms with Gasteiger partial charge in [-0.05, 0) is 0 Å². The molecule has 1 aliphatic heterocycles. The van der Waals surface area contributed by atoms with Gasteiger partial charge in [-0.2, -0.15) is 0 Å². The first-order valence-electron chi connectivity index (χ1n) is 4.85. The summed E-state index contributed by atoms with van der Waals surface area (Å²) in [5.41, 5.74) is 6.04. The molecular weight excluding hydrogens is 194 g/mol. The summed E-state index contributed by atoms with van der Waals surface area (Å²) >= 11 is 0. The number of anilines is 2. The standard InChI is InChI=1S/C9H13N5O/c10-7-5-12-9(13-6-7)14-3-1-8(15)11-2-4-14/h5-6H,1-4,10H2,(H,11,15). The minimum absolute atomic E-state index is 0.0768. The van der Waals surface area contributed by atoms with Crippen molar-refractivity contribution in [3.05, 3.63) is 12.4 Å². The quantitative estimate of drug-likeness (QED) is 0.641. The van der Waals surface area contributed by atoms with Gasteiger partial charge < -0.3 is 16.0 Å². The summed E-state index contributed by atoms with van der Waals surface area (Å²) in [6.45, 7) is 2.01. The molecule has 6 heteroatoms. The van der Waals surface area contributed by atoms with Crippen LogP contribution in [0.15, 0.2) is 12.4 Å². The van der Waals surface area contributed by atoms with Crippen molar-refractivity contribution in [2.75, 3.05) is 30.3 Å². The maximum absolute atomic E-state index is 11.1. The average molecular weight is 207 g/mol. The summed E-state index contributed by atoms with van der Waals surface area (Å²) < 4.78 is 0. The van der Waals surface area contributed by atoms with E-state index in [1.165, 1.54) is 0 Å². The number of hydrogen-bond acceptors (Lipinski definition) is 5. The highest BCUT2D eigenvalue weighted by Crippen LogP contribution is 2.09. The van der Waals surface area contributed by atoms with E-state index in [0.717, 1.165) is 6.54 Å². The highest BCUT2D eigenvalue weighted by molar-refractivity contribution is 5.76. The first-order valence-corrected chi connectivity index (χ1v) is 4.85. The van der Waals surface area contributed by atoms with Gasteiger partial charge in [-0.1, -0.05) is 0 Å². The molecule has 0 spiro atoms. The number of nitrogen functional groups attached to an aromatic ring is 1. The van der Waals surface area contributed by atoms with Crippen LogP contribution in [0.1, 0.15) is 6.42 Å². The number of nitrogens with one attached hydrogen (secondary N) is 1. The number of rotatable bonds is 1. The second-order valence-electron chi connectivity index (χ2n) is 3.40. The summed E-state index contributed by atoms with van der Waals surface area (Å²) in [5.74, 6) is 0.702. The zero-order valence-corrected chi connectivity index (χ0v) is 8.31. The minimum Gasteiger partial charge on any atom is -0.396 e. The number of amides is 1. The van der Waals surface area contributed by atoms with E-state index >= 15 is 0 Å². The van der Waals surface area contributed by atoms with Gasteiger partial charge in [-0.15, -0.1) is 0 Å². The maximum atomic E-state index is 11.1. The molecule has 0 saturated carbocycles. The molecule has 0 radical (unpaired) electrons. The maximum Gasteiger partial charge on any atom is 0.225 e. The third-order valence-electron chi connectivity index (χ3n) is 2.25. The van der Waals surface area contributed by atoms with E-state index in [1.54, 1.807) is 12.4 Å². The van der Waals surface area contributed by atoms with Crippen LogP contribution in [-0.4, -0.2) is 35.5 Å². The van der Waals surface area contributed by atoms with Gasteiger partial charge in [0.15, 0.2) is 0 Å². The number of carbonyl (C=O) groups excluding carboxylic acids is 1. The number of hydrogen-bond donors (Lipinski definition) is 2. The van der Waals surface area contributed by atoms with Crippen molar-refractivity contribution in [2.45, 2.75) is 6.42 Å². The Morgan fingerprint density at radius 3 is 2.80 bits per heavy atom. The van der Waals surface area contributed by atoms with Crippen LogP contribution < -0.4 is 16.0 Å². The Morgan fingerprint density at radius 1 is 1.33 bits per heavy atom. The van der Waals surface area contributed by atoms with Crippen LogP contribution in [0.5, 0.6) is 0 Å². The first kappa shape index (κ1) is 9.70. The first-order chi connectivity index (χ1) is 7.25. The lowest BCUT2D eigenvalue weighted by Gasteiger charge is -2.18. The molecule has 2 heterocycles. The summed E-state index contributed by atoms with van der Waals surface area (Å²) in [5, 5.41) is 2.79. The molecule has 0 aliphatic carbocycles. The summed E-state index contributed by atoms with van der Waals surface area (Å²) in [6.07, 6.45) is 3.62. The molecule has 1 saturated heterocycles. The molecule has 1 fully saturated rings. The van der Waals surface area contributed by atoms with Gasteiger partial charge in [-0.25, -0.2) is 9.97 Å². The molecule has 80 valence electrons. The summed E-state index contributed by atoms with van der Waals surface area (Å²) in [4.78, 5) is 21.3. The molecule has 0 atom stereocenters. The smallest absolute Gasteiger partial charge is 0.225 e. The number of nitrogens with two attached hydrogens (primary N) is 1. The normalized spacial score (nSPS) is 17.1. The van der Waals surface area contributed by atoms with Crippen molar-refractivity contribution < 1.29 is 4.79 Å². The fourth-order valence-electron chi connectivity index (χ4n) is 1.46. The lowest BCUT2D eigenvalue weighted by Crippen LogP contribution is -2.29. The van der Waals surface area contributed by atoms with Gasteiger partial charge in [0.1, 0.15) is 0 Å². The Kier molecular flexibility index (Phi) is 2.66. The molecule has 1 amide bonds. The van der Waals surface area contributed by atoms with E-state index in [9.17, 15) is 4.79 Å². The number of nitrogens with zero attached hydrogens (tertiary/aromatic N) is 3. The van der Waals surface area contributed by atoms with Crippen molar-refractivity contribution in [3.8, 4) is 0 Å². The Hall–Kier alpha value is -1.85.